The van der Waals surface area contributed by atoms with Crippen LogP contribution in [0.4, 0.5) is 0 Å². The average molecular weight is 246 g/mol. The lowest BCUT2D eigenvalue weighted by Gasteiger charge is -2.22. The summed E-state index contributed by atoms with van der Waals surface area (Å²) in [7, 11) is 0. The molecule has 0 heterocycles. The van der Waals surface area contributed by atoms with Gasteiger partial charge in [-0.1, -0.05) is 39.5 Å². The van der Waals surface area contributed by atoms with Crippen molar-refractivity contribution in [1.82, 2.24) is 5.32 Å². The van der Waals surface area contributed by atoms with E-state index in [0.717, 1.165) is 19.3 Å². The zero-order valence-corrected chi connectivity index (χ0v) is 11.2. The van der Waals surface area contributed by atoms with Gasteiger partial charge in [0, 0.05) is 12.5 Å². The summed E-state index contributed by atoms with van der Waals surface area (Å²) in [6.07, 6.45) is 7.42. The molecule has 3 atom stereocenters. The maximum Gasteiger partial charge on any atom is 0.220 e. The Morgan fingerprint density at radius 2 is 2.06 bits per heavy atom. The predicted octanol–water partition coefficient (Wildman–Crippen LogP) is 3.48. The first-order valence-corrected chi connectivity index (χ1v) is 7.00. The molecule has 3 heteroatoms. The van der Waals surface area contributed by atoms with Crippen LogP contribution in [0.2, 0.25) is 0 Å². The van der Waals surface area contributed by atoms with Crippen molar-refractivity contribution in [1.29, 1.82) is 0 Å². The molecule has 0 aliphatic heterocycles. The molecule has 1 aliphatic carbocycles. The standard InChI is InChI=1S/C13H24ClNO/c1-3-10(2)9-13(16)15-12-8-6-4-5-7-11(12)14/h10-12H,3-9H2,1-2H3,(H,15,16). The summed E-state index contributed by atoms with van der Waals surface area (Å²) in [6, 6.07) is 0.195. The van der Waals surface area contributed by atoms with Gasteiger partial charge >= 0.3 is 0 Å². The first-order valence-electron chi connectivity index (χ1n) is 6.57. The largest absolute Gasteiger partial charge is 0.352 e. The highest BCUT2D eigenvalue weighted by atomic mass is 35.5. The molecule has 1 N–H and O–H groups in total. The van der Waals surface area contributed by atoms with Crippen LogP contribution in [0.1, 0.15) is 58.8 Å². The number of carbonyl (C=O) groups is 1. The van der Waals surface area contributed by atoms with Gasteiger partial charge in [-0.2, -0.15) is 0 Å². The lowest BCUT2D eigenvalue weighted by atomic mass is 10.0. The van der Waals surface area contributed by atoms with E-state index in [9.17, 15) is 4.79 Å². The van der Waals surface area contributed by atoms with Crippen LogP contribution >= 0.6 is 11.6 Å². The van der Waals surface area contributed by atoms with Crippen molar-refractivity contribution in [2.75, 3.05) is 0 Å². The molecule has 0 bridgehead atoms. The third-order valence-electron chi connectivity index (χ3n) is 3.51. The zero-order valence-electron chi connectivity index (χ0n) is 10.5. The molecule has 1 fully saturated rings. The van der Waals surface area contributed by atoms with Crippen LogP contribution in [0.3, 0.4) is 0 Å². The van der Waals surface area contributed by atoms with E-state index in [1.807, 2.05) is 0 Å². The molecular formula is C13H24ClNO. The Hall–Kier alpha value is -0.240. The molecule has 1 aliphatic rings. The maximum atomic E-state index is 11.8. The van der Waals surface area contributed by atoms with Gasteiger partial charge in [0.15, 0.2) is 0 Å². The van der Waals surface area contributed by atoms with Crippen molar-refractivity contribution >= 4 is 17.5 Å². The molecule has 2 nitrogen and oxygen atoms in total. The SMILES string of the molecule is CCC(C)CC(=O)NC1CCCCCC1Cl. The normalized spacial score (nSPS) is 28.2. The van der Waals surface area contributed by atoms with Crippen molar-refractivity contribution in [3.63, 3.8) is 0 Å². The number of hydrogen-bond donors (Lipinski definition) is 1. The highest BCUT2D eigenvalue weighted by Gasteiger charge is 2.23. The fourth-order valence-electron chi connectivity index (χ4n) is 2.15. The van der Waals surface area contributed by atoms with Gasteiger partial charge in [-0.15, -0.1) is 11.6 Å². The highest BCUT2D eigenvalue weighted by molar-refractivity contribution is 6.21. The Balaban J connectivity index is 2.36. The number of nitrogens with one attached hydrogen (secondary N) is 1. The van der Waals surface area contributed by atoms with Gasteiger partial charge in [0.05, 0.1) is 5.38 Å². The van der Waals surface area contributed by atoms with Crippen molar-refractivity contribution in [3.8, 4) is 0 Å². The molecule has 1 saturated carbocycles. The first-order chi connectivity index (χ1) is 7.63. The Morgan fingerprint density at radius 3 is 2.75 bits per heavy atom. The molecule has 1 amide bonds. The van der Waals surface area contributed by atoms with Crippen LogP contribution in [-0.4, -0.2) is 17.3 Å². The average Bonchev–Trinajstić information content (AvgIpc) is 2.44. The number of carbonyl (C=O) groups excluding carboxylic acids is 1. The fraction of sp³-hybridized carbons (Fsp3) is 0.923. The lowest BCUT2D eigenvalue weighted by Crippen LogP contribution is -2.40. The number of hydrogen-bond acceptors (Lipinski definition) is 1. The van der Waals surface area contributed by atoms with Crippen LogP contribution in [0.15, 0.2) is 0 Å². The third kappa shape index (κ3) is 4.73. The maximum absolute atomic E-state index is 11.8. The second kappa shape index (κ2) is 7.16. The van der Waals surface area contributed by atoms with Gasteiger partial charge in [-0.05, 0) is 18.8 Å². The van der Waals surface area contributed by atoms with Crippen molar-refractivity contribution < 1.29 is 4.79 Å². The molecule has 94 valence electrons. The minimum atomic E-state index is 0.128. The molecule has 3 unspecified atom stereocenters. The monoisotopic (exact) mass is 245 g/mol. The van der Waals surface area contributed by atoms with E-state index in [1.165, 1.54) is 19.3 Å². The molecule has 0 radical (unpaired) electrons. The van der Waals surface area contributed by atoms with Gasteiger partial charge in [-0.25, -0.2) is 0 Å². The topological polar surface area (TPSA) is 29.1 Å². The molecule has 0 spiro atoms. The molecule has 0 aromatic heterocycles. The second-order valence-corrected chi connectivity index (χ2v) is 5.61. The summed E-state index contributed by atoms with van der Waals surface area (Å²) < 4.78 is 0. The minimum Gasteiger partial charge on any atom is -0.352 e. The zero-order chi connectivity index (χ0) is 12.0. The Labute approximate surface area is 104 Å². The molecule has 16 heavy (non-hydrogen) atoms. The van der Waals surface area contributed by atoms with Gasteiger partial charge < -0.3 is 5.32 Å². The van der Waals surface area contributed by atoms with E-state index in [0.29, 0.717) is 12.3 Å². The van der Waals surface area contributed by atoms with Crippen LogP contribution < -0.4 is 5.32 Å². The van der Waals surface area contributed by atoms with E-state index in [1.54, 1.807) is 0 Å². The summed E-state index contributed by atoms with van der Waals surface area (Å²) in [6.45, 7) is 4.23. The summed E-state index contributed by atoms with van der Waals surface area (Å²) in [5, 5.41) is 3.23. The number of halogens is 1. The van der Waals surface area contributed by atoms with E-state index in [-0.39, 0.29) is 17.3 Å². The Morgan fingerprint density at radius 1 is 1.38 bits per heavy atom. The molecular weight excluding hydrogens is 222 g/mol. The Kier molecular flexibility index (Phi) is 6.18. The molecule has 0 saturated heterocycles. The molecule has 1 rings (SSSR count). The quantitative estimate of drug-likeness (QED) is 0.596. The molecule has 0 aromatic rings. The summed E-state index contributed by atoms with van der Waals surface area (Å²) in [5.41, 5.74) is 0. The molecule has 0 aromatic carbocycles. The van der Waals surface area contributed by atoms with Crippen molar-refractivity contribution in [3.05, 3.63) is 0 Å². The van der Waals surface area contributed by atoms with Gasteiger partial charge in [0.2, 0.25) is 5.91 Å². The Bertz CT molecular complexity index is 220. The van der Waals surface area contributed by atoms with Crippen molar-refractivity contribution in [2.24, 2.45) is 5.92 Å². The van der Waals surface area contributed by atoms with Crippen LogP contribution in [-0.2, 0) is 4.79 Å². The number of rotatable bonds is 4. The van der Waals surface area contributed by atoms with Crippen LogP contribution in [0.5, 0.6) is 0 Å². The number of alkyl halides is 1. The van der Waals surface area contributed by atoms with Gasteiger partial charge in [0.25, 0.3) is 0 Å². The first kappa shape index (κ1) is 13.8. The van der Waals surface area contributed by atoms with E-state index >= 15 is 0 Å². The lowest BCUT2D eigenvalue weighted by molar-refractivity contribution is -0.122. The van der Waals surface area contributed by atoms with Crippen LogP contribution in [0, 0.1) is 5.92 Å². The third-order valence-corrected chi connectivity index (χ3v) is 4.03. The minimum absolute atomic E-state index is 0.128. The van der Waals surface area contributed by atoms with E-state index in [4.69, 9.17) is 11.6 Å². The smallest absolute Gasteiger partial charge is 0.220 e. The van der Waals surface area contributed by atoms with E-state index < -0.39 is 0 Å². The predicted molar refractivity (Wildman–Crippen MR) is 68.7 cm³/mol. The highest BCUT2D eigenvalue weighted by Crippen LogP contribution is 2.22. The van der Waals surface area contributed by atoms with Gasteiger partial charge in [0.1, 0.15) is 0 Å². The van der Waals surface area contributed by atoms with Crippen LogP contribution in [0.25, 0.3) is 0 Å². The van der Waals surface area contributed by atoms with Crippen molar-refractivity contribution in [2.45, 2.75) is 70.2 Å². The van der Waals surface area contributed by atoms with Gasteiger partial charge in [-0.3, -0.25) is 4.79 Å². The summed E-state index contributed by atoms with van der Waals surface area (Å²) >= 11 is 6.29. The second-order valence-electron chi connectivity index (χ2n) is 5.05. The number of amides is 1. The fourth-order valence-corrected chi connectivity index (χ4v) is 2.49. The van der Waals surface area contributed by atoms with E-state index in [2.05, 4.69) is 19.2 Å². The summed E-state index contributed by atoms with van der Waals surface area (Å²) in [5.74, 6) is 0.645. The summed E-state index contributed by atoms with van der Waals surface area (Å²) in [4.78, 5) is 11.8.